The van der Waals surface area contributed by atoms with E-state index in [4.69, 9.17) is 23.2 Å². The van der Waals surface area contributed by atoms with Crippen LogP contribution in [-0.4, -0.2) is 66.8 Å². The number of hydrogen-bond donors (Lipinski definition) is 0. The summed E-state index contributed by atoms with van der Waals surface area (Å²) in [6.45, 7) is 3.01. The molecule has 0 atom stereocenters. The van der Waals surface area contributed by atoms with Gasteiger partial charge in [0.1, 0.15) is 5.82 Å². The maximum absolute atomic E-state index is 13.4. The Morgan fingerprint density at radius 2 is 1.67 bits per heavy atom. The molecule has 1 aliphatic rings. The minimum atomic E-state index is -0.368. The van der Waals surface area contributed by atoms with E-state index < -0.39 is 0 Å². The Balaban J connectivity index is 1.63. The summed E-state index contributed by atoms with van der Waals surface area (Å²) in [6, 6.07) is 11.0. The molecule has 0 saturated carbocycles. The first-order chi connectivity index (χ1) is 15.7. The highest BCUT2D eigenvalue weighted by molar-refractivity contribution is 6.42. The molecule has 0 spiro atoms. The van der Waals surface area contributed by atoms with Gasteiger partial charge in [-0.3, -0.25) is 9.59 Å². The highest BCUT2D eigenvalue weighted by Gasteiger charge is 2.30. The van der Waals surface area contributed by atoms with Crippen molar-refractivity contribution in [1.82, 2.24) is 14.7 Å². The van der Waals surface area contributed by atoms with Gasteiger partial charge in [-0.15, -0.1) is 0 Å². The average molecular weight is 494 g/mol. The number of likely N-dealkylation sites (tertiary alicyclic amines) is 1. The van der Waals surface area contributed by atoms with E-state index >= 15 is 0 Å². The second-order valence-corrected chi connectivity index (χ2v) is 9.55. The number of piperidine rings is 1. The maximum Gasteiger partial charge on any atom is 0.253 e. The number of benzene rings is 2. The molecular weight excluding hydrogens is 464 g/mol. The molecule has 2 aromatic carbocycles. The molecule has 8 heteroatoms. The van der Waals surface area contributed by atoms with Crippen LogP contribution in [0.25, 0.3) is 0 Å². The molecule has 1 saturated heterocycles. The minimum Gasteiger partial charge on any atom is -0.339 e. The molecule has 0 aliphatic carbocycles. The third-order valence-corrected chi connectivity index (χ3v) is 6.66. The lowest BCUT2D eigenvalue weighted by Crippen LogP contribution is -2.44. The van der Waals surface area contributed by atoms with Crippen LogP contribution in [0.2, 0.25) is 10.0 Å². The van der Waals surface area contributed by atoms with Crippen LogP contribution >= 0.6 is 23.2 Å². The second kappa shape index (κ2) is 11.8. The molecule has 2 amide bonds. The van der Waals surface area contributed by atoms with Crippen LogP contribution < -0.4 is 0 Å². The third kappa shape index (κ3) is 7.16. The lowest BCUT2D eigenvalue weighted by Gasteiger charge is -2.34. The van der Waals surface area contributed by atoms with Crippen molar-refractivity contribution in [2.75, 3.05) is 40.3 Å². The average Bonchev–Trinajstić information content (AvgIpc) is 2.80. The summed E-state index contributed by atoms with van der Waals surface area (Å²) < 4.78 is 13.2. The normalized spacial score (nSPS) is 14.5. The summed E-state index contributed by atoms with van der Waals surface area (Å²) in [5, 5.41) is 0.964. The first-order valence-electron chi connectivity index (χ1n) is 11.2. The Morgan fingerprint density at radius 1 is 1.00 bits per heavy atom. The minimum absolute atomic E-state index is 0.105. The lowest BCUT2D eigenvalue weighted by atomic mass is 9.94. The SMILES string of the molecule is CN(C)CCCN(Cc1ccc(Cl)c(Cl)c1)C(=O)C1CCN(C(=O)c2ccc(F)cc2)CC1. The Labute approximate surface area is 205 Å². The van der Waals surface area contributed by atoms with Gasteiger partial charge >= 0.3 is 0 Å². The summed E-state index contributed by atoms with van der Waals surface area (Å²) in [7, 11) is 4.03. The molecule has 2 aromatic rings. The Kier molecular flexibility index (Phi) is 9.12. The molecule has 0 bridgehead atoms. The van der Waals surface area contributed by atoms with Gasteiger partial charge in [-0.2, -0.15) is 0 Å². The van der Waals surface area contributed by atoms with Gasteiger partial charge in [-0.1, -0.05) is 29.3 Å². The molecule has 0 aromatic heterocycles. The van der Waals surface area contributed by atoms with Crippen molar-refractivity contribution in [2.45, 2.75) is 25.8 Å². The molecule has 33 heavy (non-hydrogen) atoms. The largest absolute Gasteiger partial charge is 0.339 e. The van der Waals surface area contributed by atoms with Crippen LogP contribution in [0.4, 0.5) is 4.39 Å². The summed E-state index contributed by atoms with van der Waals surface area (Å²) in [5.74, 6) is -0.523. The van der Waals surface area contributed by atoms with Crippen molar-refractivity contribution in [1.29, 1.82) is 0 Å². The highest BCUT2D eigenvalue weighted by Crippen LogP contribution is 2.26. The smallest absolute Gasteiger partial charge is 0.253 e. The van der Waals surface area contributed by atoms with Gasteiger partial charge in [0.15, 0.2) is 0 Å². The van der Waals surface area contributed by atoms with E-state index in [1.807, 2.05) is 25.1 Å². The number of hydrogen-bond acceptors (Lipinski definition) is 3. The molecule has 0 radical (unpaired) electrons. The highest BCUT2D eigenvalue weighted by atomic mass is 35.5. The Hall–Kier alpha value is -2.15. The van der Waals surface area contributed by atoms with Crippen molar-refractivity contribution < 1.29 is 14.0 Å². The van der Waals surface area contributed by atoms with Crippen LogP contribution in [-0.2, 0) is 11.3 Å². The molecule has 1 heterocycles. The van der Waals surface area contributed by atoms with Gasteiger partial charge in [0.25, 0.3) is 5.91 Å². The molecule has 1 fully saturated rings. The quantitative estimate of drug-likeness (QED) is 0.521. The summed E-state index contributed by atoms with van der Waals surface area (Å²) in [4.78, 5) is 31.9. The monoisotopic (exact) mass is 493 g/mol. The fourth-order valence-corrected chi connectivity index (χ4v) is 4.39. The van der Waals surface area contributed by atoms with Crippen LogP contribution in [0.3, 0.4) is 0 Å². The van der Waals surface area contributed by atoms with Gasteiger partial charge in [0.05, 0.1) is 10.0 Å². The van der Waals surface area contributed by atoms with Crippen molar-refractivity contribution >= 4 is 35.0 Å². The molecule has 0 N–H and O–H groups in total. The van der Waals surface area contributed by atoms with Gasteiger partial charge in [0, 0.05) is 37.7 Å². The van der Waals surface area contributed by atoms with Gasteiger partial charge in [-0.25, -0.2) is 4.39 Å². The van der Waals surface area contributed by atoms with Crippen molar-refractivity contribution in [2.24, 2.45) is 5.92 Å². The number of halogens is 3. The van der Waals surface area contributed by atoms with Crippen LogP contribution in [0, 0.1) is 11.7 Å². The second-order valence-electron chi connectivity index (χ2n) is 8.74. The summed E-state index contributed by atoms with van der Waals surface area (Å²) in [6.07, 6.45) is 2.08. The van der Waals surface area contributed by atoms with E-state index in [-0.39, 0.29) is 23.5 Å². The Morgan fingerprint density at radius 3 is 2.27 bits per heavy atom. The molecular formula is C25H30Cl2FN3O2. The molecule has 0 unspecified atom stereocenters. The standard InChI is InChI=1S/C25H30Cl2FN3O2/c1-29(2)12-3-13-31(17-18-4-9-22(26)23(27)16-18)25(33)20-10-14-30(15-11-20)24(32)19-5-7-21(28)8-6-19/h4-9,16,20H,3,10-15,17H2,1-2H3. The lowest BCUT2D eigenvalue weighted by molar-refractivity contribution is -0.137. The number of carbonyl (C=O) groups is 2. The predicted octanol–water partition coefficient (Wildman–Crippen LogP) is 4.97. The first kappa shape index (κ1) is 25.5. The first-order valence-corrected chi connectivity index (χ1v) is 11.9. The number of rotatable bonds is 8. The zero-order chi connectivity index (χ0) is 24.0. The van der Waals surface area contributed by atoms with Crippen molar-refractivity contribution in [3.8, 4) is 0 Å². The van der Waals surface area contributed by atoms with Crippen LogP contribution in [0.15, 0.2) is 42.5 Å². The number of amides is 2. The molecule has 1 aliphatic heterocycles. The summed E-state index contributed by atoms with van der Waals surface area (Å²) in [5.41, 5.74) is 1.40. The van der Waals surface area contributed by atoms with Crippen molar-refractivity contribution in [3.63, 3.8) is 0 Å². The maximum atomic E-state index is 13.4. The zero-order valence-corrected chi connectivity index (χ0v) is 20.6. The zero-order valence-electron chi connectivity index (χ0n) is 19.1. The molecule has 3 rings (SSSR count). The topological polar surface area (TPSA) is 43.9 Å². The van der Waals surface area contributed by atoms with E-state index in [2.05, 4.69) is 4.90 Å². The fraction of sp³-hybridized carbons (Fsp3) is 0.440. The number of nitrogens with zero attached hydrogens (tertiary/aromatic N) is 3. The van der Waals surface area contributed by atoms with Gasteiger partial charge in [-0.05, 0) is 81.9 Å². The van der Waals surface area contributed by atoms with E-state index in [1.165, 1.54) is 24.3 Å². The molecule has 5 nitrogen and oxygen atoms in total. The van der Waals surface area contributed by atoms with Crippen LogP contribution in [0.5, 0.6) is 0 Å². The Bertz CT molecular complexity index is 961. The van der Waals surface area contributed by atoms with E-state index in [0.717, 1.165) is 18.5 Å². The van der Waals surface area contributed by atoms with E-state index in [1.54, 1.807) is 17.0 Å². The van der Waals surface area contributed by atoms with E-state index in [0.29, 0.717) is 54.6 Å². The predicted molar refractivity (Wildman–Crippen MR) is 130 cm³/mol. The fourth-order valence-electron chi connectivity index (χ4n) is 4.07. The summed E-state index contributed by atoms with van der Waals surface area (Å²) >= 11 is 12.2. The van der Waals surface area contributed by atoms with Gasteiger partial charge < -0.3 is 14.7 Å². The number of carbonyl (C=O) groups excluding carboxylic acids is 2. The van der Waals surface area contributed by atoms with Crippen LogP contribution in [0.1, 0.15) is 35.2 Å². The van der Waals surface area contributed by atoms with E-state index in [9.17, 15) is 14.0 Å². The van der Waals surface area contributed by atoms with Crippen molar-refractivity contribution in [3.05, 3.63) is 69.5 Å². The molecule has 178 valence electrons. The third-order valence-electron chi connectivity index (χ3n) is 5.93. The van der Waals surface area contributed by atoms with Gasteiger partial charge in [0.2, 0.25) is 5.91 Å².